The van der Waals surface area contributed by atoms with E-state index in [0.29, 0.717) is 17.2 Å². The van der Waals surface area contributed by atoms with Crippen LogP contribution in [0, 0.1) is 5.92 Å². The van der Waals surface area contributed by atoms with Crippen molar-refractivity contribution in [2.45, 2.75) is 45.9 Å². The van der Waals surface area contributed by atoms with Gasteiger partial charge in [-0.2, -0.15) is 0 Å². The highest BCUT2D eigenvalue weighted by atomic mass is 16.7. The maximum absolute atomic E-state index is 12.0. The lowest BCUT2D eigenvalue weighted by Crippen LogP contribution is -2.40. The van der Waals surface area contributed by atoms with Crippen LogP contribution in [0.15, 0.2) is 18.2 Å². The highest BCUT2D eigenvalue weighted by Crippen LogP contribution is 2.40. The molecule has 0 aliphatic carbocycles. The van der Waals surface area contributed by atoms with Gasteiger partial charge in [-0.3, -0.25) is 4.79 Å². The summed E-state index contributed by atoms with van der Waals surface area (Å²) in [6, 6.07) is 4.81. The first-order chi connectivity index (χ1) is 9.32. The molecule has 0 saturated heterocycles. The van der Waals surface area contributed by atoms with Gasteiger partial charge in [0, 0.05) is 25.6 Å². The molecule has 5 nitrogen and oxygen atoms in total. The van der Waals surface area contributed by atoms with Crippen molar-refractivity contribution in [3.05, 3.63) is 18.2 Å². The molecule has 1 aromatic rings. The standard InChI is InChI=1S/C15H22N2O3/c1-5-9(2)13(16)14(18)17-10-6-7-11-12(8-10)20-15(3,4)19-11/h6-9,13H,5,16H2,1-4H3,(H,17,18)/t9?,13-/m0/s1. The maximum atomic E-state index is 12.0. The van der Waals surface area contributed by atoms with Crippen molar-refractivity contribution in [1.29, 1.82) is 0 Å². The van der Waals surface area contributed by atoms with Gasteiger partial charge in [0.1, 0.15) is 0 Å². The molecule has 1 aromatic carbocycles. The van der Waals surface area contributed by atoms with E-state index in [1.54, 1.807) is 18.2 Å². The van der Waals surface area contributed by atoms with Crippen LogP contribution in [0.5, 0.6) is 11.5 Å². The second-order valence-electron chi connectivity index (χ2n) is 5.67. The van der Waals surface area contributed by atoms with Crippen molar-refractivity contribution >= 4 is 11.6 Å². The van der Waals surface area contributed by atoms with Crippen LogP contribution in [0.2, 0.25) is 0 Å². The van der Waals surface area contributed by atoms with Crippen LogP contribution in [0.25, 0.3) is 0 Å². The number of ether oxygens (including phenoxy) is 2. The fourth-order valence-corrected chi connectivity index (χ4v) is 2.04. The smallest absolute Gasteiger partial charge is 0.246 e. The van der Waals surface area contributed by atoms with Crippen LogP contribution >= 0.6 is 0 Å². The first-order valence-electron chi connectivity index (χ1n) is 6.91. The largest absolute Gasteiger partial charge is 0.449 e. The van der Waals surface area contributed by atoms with Crippen molar-refractivity contribution in [2.24, 2.45) is 11.7 Å². The summed E-state index contributed by atoms with van der Waals surface area (Å²) < 4.78 is 11.2. The number of rotatable bonds is 4. The van der Waals surface area contributed by atoms with E-state index in [9.17, 15) is 4.79 Å². The summed E-state index contributed by atoms with van der Waals surface area (Å²) >= 11 is 0. The third-order valence-electron chi connectivity index (χ3n) is 3.48. The van der Waals surface area contributed by atoms with Crippen LogP contribution in [-0.2, 0) is 4.79 Å². The Kier molecular flexibility index (Phi) is 3.90. The summed E-state index contributed by atoms with van der Waals surface area (Å²) in [6.07, 6.45) is 0.865. The third-order valence-corrected chi connectivity index (χ3v) is 3.48. The average Bonchev–Trinajstić information content (AvgIpc) is 2.69. The van der Waals surface area contributed by atoms with Crippen LogP contribution in [0.3, 0.4) is 0 Å². The van der Waals surface area contributed by atoms with Gasteiger partial charge in [0.05, 0.1) is 6.04 Å². The molecule has 110 valence electrons. The molecule has 1 amide bonds. The second kappa shape index (κ2) is 5.32. The molecule has 1 unspecified atom stereocenters. The number of fused-ring (bicyclic) bond motifs is 1. The second-order valence-corrected chi connectivity index (χ2v) is 5.67. The van der Waals surface area contributed by atoms with Gasteiger partial charge in [-0.05, 0) is 18.1 Å². The molecule has 3 N–H and O–H groups in total. The Morgan fingerprint density at radius 1 is 1.35 bits per heavy atom. The predicted molar refractivity (Wildman–Crippen MR) is 77.8 cm³/mol. The van der Waals surface area contributed by atoms with Gasteiger partial charge in [0.25, 0.3) is 0 Å². The zero-order valence-electron chi connectivity index (χ0n) is 12.4. The summed E-state index contributed by atoms with van der Waals surface area (Å²) in [7, 11) is 0. The number of anilines is 1. The Labute approximate surface area is 119 Å². The molecular weight excluding hydrogens is 256 g/mol. The molecular formula is C15H22N2O3. The first kappa shape index (κ1) is 14.7. The minimum atomic E-state index is -0.669. The van der Waals surface area contributed by atoms with Crippen molar-refractivity contribution in [1.82, 2.24) is 0 Å². The number of nitrogens with one attached hydrogen (secondary N) is 1. The zero-order chi connectivity index (χ0) is 14.9. The Morgan fingerprint density at radius 2 is 2.00 bits per heavy atom. The SMILES string of the molecule is CCC(C)[C@H](N)C(=O)Nc1ccc2c(c1)OC(C)(C)O2. The summed E-state index contributed by atoms with van der Waals surface area (Å²) in [5.74, 6) is 0.600. The van der Waals surface area contributed by atoms with Crippen molar-refractivity contribution in [2.75, 3.05) is 5.32 Å². The van der Waals surface area contributed by atoms with E-state index in [2.05, 4.69) is 5.32 Å². The summed E-state index contributed by atoms with van der Waals surface area (Å²) in [5, 5.41) is 2.81. The van der Waals surface area contributed by atoms with Gasteiger partial charge in [-0.25, -0.2) is 0 Å². The summed E-state index contributed by atoms with van der Waals surface area (Å²) in [6.45, 7) is 7.65. The van der Waals surface area contributed by atoms with E-state index < -0.39 is 11.8 Å². The normalized spacial score (nSPS) is 18.4. The van der Waals surface area contributed by atoms with Gasteiger partial charge in [-0.1, -0.05) is 20.3 Å². The van der Waals surface area contributed by atoms with E-state index in [1.165, 1.54) is 0 Å². The number of nitrogens with two attached hydrogens (primary N) is 1. The van der Waals surface area contributed by atoms with E-state index in [4.69, 9.17) is 15.2 Å². The zero-order valence-corrected chi connectivity index (χ0v) is 12.4. The average molecular weight is 278 g/mol. The van der Waals surface area contributed by atoms with Crippen LogP contribution in [0.1, 0.15) is 34.1 Å². The first-order valence-corrected chi connectivity index (χ1v) is 6.91. The Bertz CT molecular complexity index is 514. The minimum Gasteiger partial charge on any atom is -0.449 e. The Morgan fingerprint density at radius 3 is 2.65 bits per heavy atom. The fourth-order valence-electron chi connectivity index (χ4n) is 2.04. The Hall–Kier alpha value is -1.75. The van der Waals surface area contributed by atoms with Crippen LogP contribution in [-0.4, -0.2) is 17.7 Å². The highest BCUT2D eigenvalue weighted by Gasteiger charge is 2.31. The lowest BCUT2D eigenvalue weighted by Gasteiger charge is -2.17. The van der Waals surface area contributed by atoms with Gasteiger partial charge >= 0.3 is 0 Å². The monoisotopic (exact) mass is 278 g/mol. The molecule has 0 aromatic heterocycles. The molecule has 1 aliphatic rings. The van der Waals surface area contributed by atoms with Crippen molar-refractivity contribution in [3.63, 3.8) is 0 Å². The number of benzene rings is 1. The van der Waals surface area contributed by atoms with Gasteiger partial charge in [-0.15, -0.1) is 0 Å². The third kappa shape index (κ3) is 3.04. The molecule has 0 spiro atoms. The molecule has 1 heterocycles. The quantitative estimate of drug-likeness (QED) is 0.887. The van der Waals surface area contributed by atoms with E-state index in [1.807, 2.05) is 27.7 Å². The molecule has 5 heteroatoms. The van der Waals surface area contributed by atoms with Gasteiger partial charge in [0.15, 0.2) is 11.5 Å². The van der Waals surface area contributed by atoms with Gasteiger partial charge in [0.2, 0.25) is 11.7 Å². The number of carbonyl (C=O) groups excluding carboxylic acids is 1. The highest BCUT2D eigenvalue weighted by molar-refractivity contribution is 5.95. The molecule has 0 saturated carbocycles. The summed E-state index contributed by atoms with van der Waals surface area (Å²) in [5.41, 5.74) is 6.57. The van der Waals surface area contributed by atoms with Crippen molar-refractivity contribution < 1.29 is 14.3 Å². The van der Waals surface area contributed by atoms with E-state index in [0.717, 1.165) is 6.42 Å². The predicted octanol–water partition coefficient (Wildman–Crippen LogP) is 2.51. The molecule has 2 atom stereocenters. The van der Waals surface area contributed by atoms with Crippen molar-refractivity contribution in [3.8, 4) is 11.5 Å². The molecule has 20 heavy (non-hydrogen) atoms. The lowest BCUT2D eigenvalue weighted by atomic mass is 9.99. The maximum Gasteiger partial charge on any atom is 0.246 e. The molecule has 0 radical (unpaired) electrons. The number of hydrogen-bond donors (Lipinski definition) is 2. The fraction of sp³-hybridized carbons (Fsp3) is 0.533. The number of amides is 1. The molecule has 2 rings (SSSR count). The van der Waals surface area contributed by atoms with E-state index >= 15 is 0 Å². The number of hydrogen-bond acceptors (Lipinski definition) is 4. The van der Waals surface area contributed by atoms with Gasteiger partial charge < -0.3 is 20.5 Å². The molecule has 0 bridgehead atoms. The summed E-state index contributed by atoms with van der Waals surface area (Å²) in [4.78, 5) is 12.0. The van der Waals surface area contributed by atoms with E-state index in [-0.39, 0.29) is 11.8 Å². The number of carbonyl (C=O) groups is 1. The Balaban J connectivity index is 2.07. The topological polar surface area (TPSA) is 73.6 Å². The lowest BCUT2D eigenvalue weighted by molar-refractivity contribution is -0.118. The molecule has 0 fully saturated rings. The minimum absolute atomic E-state index is 0.142. The molecule has 1 aliphatic heterocycles. The van der Waals surface area contributed by atoms with Crippen LogP contribution in [0.4, 0.5) is 5.69 Å². The van der Waals surface area contributed by atoms with Crippen LogP contribution < -0.4 is 20.5 Å².